The minimum Gasteiger partial charge on any atom is -0.466 e. The molecule has 1 aliphatic rings. The lowest BCUT2D eigenvalue weighted by Gasteiger charge is -2.21. The Labute approximate surface area is 154 Å². The molecule has 1 unspecified atom stereocenters. The van der Waals surface area contributed by atoms with Crippen molar-refractivity contribution in [3.05, 3.63) is 46.5 Å². The number of rotatable bonds is 4. The van der Waals surface area contributed by atoms with Gasteiger partial charge >= 0.3 is 6.03 Å². The molecule has 136 valence electrons. The molecule has 2 aromatic heterocycles. The van der Waals surface area contributed by atoms with Crippen molar-refractivity contribution in [1.29, 1.82) is 0 Å². The zero-order valence-electron chi connectivity index (χ0n) is 14.4. The topological polar surface area (TPSA) is 105 Å². The molecule has 3 rings (SSSR count). The average molecular weight is 377 g/mol. The fourth-order valence-electron chi connectivity index (χ4n) is 2.93. The molecule has 4 amide bonds. The number of anilines is 1. The summed E-state index contributed by atoms with van der Waals surface area (Å²) in [4.78, 5) is 42.1. The fourth-order valence-corrected chi connectivity index (χ4v) is 3.04. The highest BCUT2D eigenvalue weighted by Gasteiger charge is 2.51. The van der Waals surface area contributed by atoms with Crippen molar-refractivity contribution in [2.45, 2.75) is 26.3 Å². The summed E-state index contributed by atoms with van der Waals surface area (Å²) in [6.07, 6.45) is 1.38. The van der Waals surface area contributed by atoms with Gasteiger partial charge in [-0.05, 0) is 39.0 Å². The van der Waals surface area contributed by atoms with E-state index < -0.39 is 29.9 Å². The van der Waals surface area contributed by atoms with Gasteiger partial charge in [0.15, 0.2) is 0 Å². The van der Waals surface area contributed by atoms with Gasteiger partial charge in [0.1, 0.15) is 29.4 Å². The van der Waals surface area contributed by atoms with Crippen LogP contribution in [0.1, 0.15) is 24.0 Å². The standard InChI is InChI=1S/C17H17ClN4O4/c1-9-6-12(10(2)26-9)17(3)15(24)22(16(25)21-17)8-14(23)20-13-5-4-11(18)7-19-13/h4-7H,8H2,1-3H3,(H,21,25)(H,19,20,23). The van der Waals surface area contributed by atoms with Crippen LogP contribution in [0, 0.1) is 13.8 Å². The second kappa shape index (κ2) is 6.45. The van der Waals surface area contributed by atoms with E-state index in [1.165, 1.54) is 12.3 Å². The summed E-state index contributed by atoms with van der Waals surface area (Å²) in [6, 6.07) is 4.15. The summed E-state index contributed by atoms with van der Waals surface area (Å²) in [5, 5.41) is 5.59. The van der Waals surface area contributed by atoms with Crippen LogP contribution in [-0.2, 0) is 15.1 Å². The van der Waals surface area contributed by atoms with Gasteiger partial charge in [-0.25, -0.2) is 9.78 Å². The lowest BCUT2D eigenvalue weighted by atomic mass is 9.92. The molecule has 0 aliphatic carbocycles. The number of aromatic nitrogens is 1. The number of nitrogens with zero attached hydrogens (tertiary/aromatic N) is 2. The van der Waals surface area contributed by atoms with E-state index in [4.69, 9.17) is 16.0 Å². The van der Waals surface area contributed by atoms with Crippen LogP contribution in [0.15, 0.2) is 28.8 Å². The highest BCUT2D eigenvalue weighted by Crippen LogP contribution is 2.32. The van der Waals surface area contributed by atoms with E-state index in [1.807, 2.05) is 0 Å². The molecule has 0 radical (unpaired) electrons. The number of hydrogen-bond acceptors (Lipinski definition) is 5. The number of aryl methyl sites for hydroxylation is 2. The average Bonchev–Trinajstić information content (AvgIpc) is 3.02. The summed E-state index contributed by atoms with van der Waals surface area (Å²) in [5.41, 5.74) is -0.715. The van der Waals surface area contributed by atoms with Crippen molar-refractivity contribution < 1.29 is 18.8 Å². The molecular weight excluding hydrogens is 360 g/mol. The number of furan rings is 1. The number of carbonyl (C=O) groups excluding carboxylic acids is 3. The Morgan fingerprint density at radius 3 is 2.69 bits per heavy atom. The van der Waals surface area contributed by atoms with Crippen molar-refractivity contribution in [1.82, 2.24) is 15.2 Å². The van der Waals surface area contributed by atoms with Crippen LogP contribution in [0.25, 0.3) is 0 Å². The minimum atomic E-state index is -1.28. The highest BCUT2D eigenvalue weighted by molar-refractivity contribution is 6.30. The van der Waals surface area contributed by atoms with Crippen LogP contribution < -0.4 is 10.6 Å². The van der Waals surface area contributed by atoms with Gasteiger partial charge in [0, 0.05) is 11.8 Å². The van der Waals surface area contributed by atoms with Crippen molar-refractivity contribution in [2.75, 3.05) is 11.9 Å². The van der Waals surface area contributed by atoms with E-state index in [9.17, 15) is 14.4 Å². The monoisotopic (exact) mass is 376 g/mol. The number of nitrogens with one attached hydrogen (secondary N) is 2. The van der Waals surface area contributed by atoms with Gasteiger partial charge in [0.05, 0.1) is 5.02 Å². The Hall–Kier alpha value is -2.87. The maximum atomic E-state index is 12.8. The van der Waals surface area contributed by atoms with Crippen molar-refractivity contribution in [2.24, 2.45) is 0 Å². The lowest BCUT2D eigenvalue weighted by Crippen LogP contribution is -2.42. The third kappa shape index (κ3) is 3.15. The van der Waals surface area contributed by atoms with Crippen LogP contribution in [0.2, 0.25) is 5.02 Å². The molecule has 0 saturated carbocycles. The first kappa shape index (κ1) is 17.9. The minimum absolute atomic E-state index is 0.274. The Balaban J connectivity index is 1.75. The number of carbonyl (C=O) groups is 3. The first-order valence-electron chi connectivity index (χ1n) is 7.84. The third-order valence-corrected chi connectivity index (χ3v) is 4.37. The summed E-state index contributed by atoms with van der Waals surface area (Å²) in [7, 11) is 0. The van der Waals surface area contributed by atoms with E-state index in [0.29, 0.717) is 22.1 Å². The molecule has 0 spiro atoms. The molecule has 8 nitrogen and oxygen atoms in total. The quantitative estimate of drug-likeness (QED) is 0.797. The summed E-state index contributed by atoms with van der Waals surface area (Å²) in [5.74, 6) is 0.370. The van der Waals surface area contributed by atoms with Crippen LogP contribution >= 0.6 is 11.6 Å². The summed E-state index contributed by atoms with van der Waals surface area (Å²) < 4.78 is 5.46. The van der Waals surface area contributed by atoms with Crippen LogP contribution in [0.4, 0.5) is 10.6 Å². The van der Waals surface area contributed by atoms with Crippen molar-refractivity contribution >= 4 is 35.3 Å². The first-order valence-corrected chi connectivity index (χ1v) is 8.21. The molecule has 0 bridgehead atoms. The Morgan fingerprint density at radius 2 is 2.12 bits per heavy atom. The predicted octanol–water partition coefficient (Wildman–Crippen LogP) is 2.35. The Kier molecular flexibility index (Phi) is 4.45. The SMILES string of the molecule is Cc1cc(C2(C)NC(=O)N(CC(=O)Nc3ccc(Cl)cn3)C2=O)c(C)o1. The molecule has 26 heavy (non-hydrogen) atoms. The smallest absolute Gasteiger partial charge is 0.325 e. The van der Waals surface area contributed by atoms with E-state index in [1.54, 1.807) is 32.9 Å². The summed E-state index contributed by atoms with van der Waals surface area (Å²) >= 11 is 5.74. The number of imide groups is 1. The maximum absolute atomic E-state index is 12.8. The van der Waals surface area contributed by atoms with E-state index in [0.717, 1.165) is 4.90 Å². The van der Waals surface area contributed by atoms with Gasteiger partial charge in [-0.3, -0.25) is 14.5 Å². The van der Waals surface area contributed by atoms with Gasteiger partial charge in [-0.2, -0.15) is 0 Å². The van der Waals surface area contributed by atoms with Crippen LogP contribution in [0.3, 0.4) is 0 Å². The number of pyridine rings is 1. The van der Waals surface area contributed by atoms with Gasteiger partial charge < -0.3 is 15.1 Å². The normalized spacial score (nSPS) is 19.6. The molecule has 0 aromatic carbocycles. The van der Waals surface area contributed by atoms with E-state index in [2.05, 4.69) is 15.6 Å². The second-order valence-electron chi connectivity index (χ2n) is 6.18. The van der Waals surface area contributed by atoms with Gasteiger partial charge in [0.25, 0.3) is 5.91 Å². The third-order valence-electron chi connectivity index (χ3n) is 4.15. The summed E-state index contributed by atoms with van der Waals surface area (Å²) in [6.45, 7) is 4.63. The van der Waals surface area contributed by atoms with Gasteiger partial charge in [-0.15, -0.1) is 0 Å². The van der Waals surface area contributed by atoms with E-state index >= 15 is 0 Å². The molecule has 3 heterocycles. The van der Waals surface area contributed by atoms with Crippen molar-refractivity contribution in [3.63, 3.8) is 0 Å². The fraction of sp³-hybridized carbons (Fsp3) is 0.294. The maximum Gasteiger partial charge on any atom is 0.325 e. The van der Waals surface area contributed by atoms with Gasteiger partial charge in [-0.1, -0.05) is 11.6 Å². The lowest BCUT2D eigenvalue weighted by molar-refractivity contribution is -0.133. The zero-order chi connectivity index (χ0) is 19.1. The number of amides is 4. The van der Waals surface area contributed by atoms with Gasteiger partial charge in [0.2, 0.25) is 5.91 Å². The van der Waals surface area contributed by atoms with Crippen LogP contribution in [0.5, 0.6) is 0 Å². The molecular formula is C17H17ClN4O4. The molecule has 2 aromatic rings. The molecule has 1 aliphatic heterocycles. The van der Waals surface area contributed by atoms with Crippen LogP contribution in [-0.4, -0.2) is 34.3 Å². The van der Waals surface area contributed by atoms with E-state index in [-0.39, 0.29) is 5.82 Å². The molecule has 1 fully saturated rings. The zero-order valence-corrected chi connectivity index (χ0v) is 15.2. The number of urea groups is 1. The second-order valence-corrected chi connectivity index (χ2v) is 6.62. The Morgan fingerprint density at radius 1 is 1.38 bits per heavy atom. The van der Waals surface area contributed by atoms with Crippen molar-refractivity contribution in [3.8, 4) is 0 Å². The first-order chi connectivity index (χ1) is 12.2. The molecule has 9 heteroatoms. The Bertz CT molecular complexity index is 893. The number of halogens is 1. The molecule has 1 atom stereocenters. The highest BCUT2D eigenvalue weighted by atomic mass is 35.5. The molecule has 2 N–H and O–H groups in total. The molecule has 1 saturated heterocycles. The largest absolute Gasteiger partial charge is 0.466 e. The predicted molar refractivity (Wildman–Crippen MR) is 93.7 cm³/mol. The number of hydrogen-bond donors (Lipinski definition) is 2.